The second-order valence-corrected chi connectivity index (χ2v) is 6.42. The highest BCUT2D eigenvalue weighted by Gasteiger charge is 2.12. The summed E-state index contributed by atoms with van der Waals surface area (Å²) in [5.74, 6) is -1.21. The Balaban J connectivity index is 1.47. The summed E-state index contributed by atoms with van der Waals surface area (Å²) in [6.45, 7) is 0. The van der Waals surface area contributed by atoms with Crippen molar-refractivity contribution in [1.29, 1.82) is 0 Å². The molecule has 0 radical (unpaired) electrons. The van der Waals surface area contributed by atoms with Crippen molar-refractivity contribution in [3.8, 4) is 5.88 Å². The molecule has 0 fully saturated rings. The van der Waals surface area contributed by atoms with Gasteiger partial charge in [-0.3, -0.25) is 4.79 Å². The minimum Gasteiger partial charge on any atom is -0.493 e. The Labute approximate surface area is 150 Å². The van der Waals surface area contributed by atoms with Crippen LogP contribution in [0.5, 0.6) is 5.88 Å². The van der Waals surface area contributed by atoms with E-state index in [9.17, 15) is 14.3 Å². The first-order valence-corrected chi connectivity index (χ1v) is 8.61. The van der Waals surface area contributed by atoms with Gasteiger partial charge in [-0.2, -0.15) is 0 Å². The van der Waals surface area contributed by atoms with Crippen molar-refractivity contribution in [2.24, 2.45) is 10.2 Å². The third-order valence-electron chi connectivity index (χ3n) is 3.68. The molecular weight excluding hydrogens is 357 g/mol. The van der Waals surface area contributed by atoms with Crippen LogP contribution in [0.25, 0.3) is 21.9 Å². The highest BCUT2D eigenvalue weighted by Crippen LogP contribution is 2.35. The first-order valence-electron chi connectivity index (χ1n) is 7.62. The van der Waals surface area contributed by atoms with Crippen LogP contribution in [-0.2, 0) is 4.79 Å². The maximum absolute atomic E-state index is 13.4. The summed E-state index contributed by atoms with van der Waals surface area (Å²) in [6, 6.07) is 11.5. The molecule has 9 heteroatoms. The van der Waals surface area contributed by atoms with Crippen molar-refractivity contribution in [3.63, 3.8) is 0 Å². The Kier molecular flexibility index (Phi) is 4.13. The predicted octanol–water partition coefficient (Wildman–Crippen LogP) is 4.29. The Morgan fingerprint density at radius 2 is 2.04 bits per heavy atom. The Hall–Kier alpha value is -3.20. The zero-order valence-electron chi connectivity index (χ0n) is 13.2. The fraction of sp³-hybridized carbons (Fsp3) is 0.0588. The molecule has 7 nitrogen and oxygen atoms in total. The van der Waals surface area contributed by atoms with Crippen molar-refractivity contribution in [2.75, 3.05) is 5.75 Å². The van der Waals surface area contributed by atoms with Crippen LogP contribution < -0.4 is 0 Å². The number of fused-ring (bicyclic) bond motifs is 2. The van der Waals surface area contributed by atoms with Gasteiger partial charge in [-0.1, -0.05) is 23.9 Å². The minimum absolute atomic E-state index is 0.0286. The number of benzene rings is 2. The number of carbonyl (C=O) groups is 1. The van der Waals surface area contributed by atoms with Crippen LogP contribution in [-0.4, -0.2) is 31.7 Å². The number of amides is 1. The van der Waals surface area contributed by atoms with E-state index in [-0.39, 0.29) is 17.3 Å². The van der Waals surface area contributed by atoms with E-state index < -0.39 is 11.7 Å². The summed E-state index contributed by atoms with van der Waals surface area (Å²) in [5, 5.41) is 18.2. The summed E-state index contributed by atoms with van der Waals surface area (Å²) >= 11 is 1.20. The number of imidazole rings is 1. The lowest BCUT2D eigenvalue weighted by atomic mass is 10.2. The van der Waals surface area contributed by atoms with Crippen molar-refractivity contribution < 1.29 is 14.3 Å². The van der Waals surface area contributed by atoms with Crippen molar-refractivity contribution in [3.05, 3.63) is 48.3 Å². The van der Waals surface area contributed by atoms with Gasteiger partial charge in [0, 0.05) is 5.39 Å². The number of nitrogens with zero attached hydrogens (tertiary/aromatic N) is 3. The molecular formula is C17H12FN5O2S. The normalized spacial score (nSPS) is 11.7. The Morgan fingerprint density at radius 3 is 2.88 bits per heavy atom. The number of carbonyl (C=O) groups excluding carboxylic acids is 1. The number of aromatic amines is 2. The summed E-state index contributed by atoms with van der Waals surface area (Å²) in [7, 11) is 0. The lowest BCUT2D eigenvalue weighted by molar-refractivity contribution is -0.115. The van der Waals surface area contributed by atoms with E-state index in [0.29, 0.717) is 16.1 Å². The van der Waals surface area contributed by atoms with Crippen LogP contribution in [0, 0.1) is 5.82 Å². The van der Waals surface area contributed by atoms with Gasteiger partial charge in [0.25, 0.3) is 5.91 Å². The number of aromatic hydroxyl groups is 1. The molecule has 2 aromatic carbocycles. The number of nitrogens with one attached hydrogen (secondary N) is 2. The van der Waals surface area contributed by atoms with Gasteiger partial charge in [-0.05, 0) is 30.3 Å². The molecule has 0 bridgehead atoms. The van der Waals surface area contributed by atoms with Crippen molar-refractivity contribution >= 4 is 45.3 Å². The zero-order chi connectivity index (χ0) is 18.1. The monoisotopic (exact) mass is 369 g/mol. The molecule has 0 spiro atoms. The van der Waals surface area contributed by atoms with Crippen LogP contribution in [0.4, 0.5) is 10.1 Å². The topological polar surface area (TPSA) is 106 Å². The van der Waals surface area contributed by atoms with Gasteiger partial charge >= 0.3 is 0 Å². The lowest BCUT2D eigenvalue weighted by Crippen LogP contribution is -1.95. The number of thioether (sulfide) groups is 1. The molecule has 3 N–H and O–H groups in total. The summed E-state index contributed by atoms with van der Waals surface area (Å²) in [5.41, 5.74) is 2.23. The molecule has 0 aliphatic heterocycles. The van der Waals surface area contributed by atoms with E-state index in [4.69, 9.17) is 0 Å². The van der Waals surface area contributed by atoms with Gasteiger partial charge in [-0.25, -0.2) is 9.37 Å². The molecule has 0 saturated carbocycles. The third kappa shape index (κ3) is 3.16. The maximum Gasteiger partial charge on any atom is 0.275 e. The molecule has 2 aromatic heterocycles. The fourth-order valence-electron chi connectivity index (χ4n) is 2.50. The molecule has 130 valence electrons. The van der Waals surface area contributed by atoms with E-state index in [0.717, 1.165) is 11.0 Å². The highest BCUT2D eigenvalue weighted by molar-refractivity contribution is 7.99. The predicted molar refractivity (Wildman–Crippen MR) is 96.3 cm³/mol. The van der Waals surface area contributed by atoms with Gasteiger partial charge < -0.3 is 15.1 Å². The van der Waals surface area contributed by atoms with E-state index in [1.807, 2.05) is 24.3 Å². The number of rotatable bonds is 4. The number of hydrogen-bond donors (Lipinski definition) is 3. The molecule has 1 amide bonds. The van der Waals surface area contributed by atoms with E-state index in [1.165, 1.54) is 30.0 Å². The molecule has 4 aromatic rings. The number of azo groups is 1. The lowest BCUT2D eigenvalue weighted by Gasteiger charge is -1.94. The number of H-pyrrole nitrogens is 2. The minimum atomic E-state index is -0.499. The zero-order valence-corrected chi connectivity index (χ0v) is 14.0. The van der Waals surface area contributed by atoms with Gasteiger partial charge in [0.2, 0.25) is 5.88 Å². The van der Waals surface area contributed by atoms with E-state index in [2.05, 4.69) is 25.2 Å². The molecule has 0 unspecified atom stereocenters. The number of para-hydroxylation sites is 2. The average molecular weight is 369 g/mol. The second-order valence-electron chi connectivity index (χ2n) is 5.45. The maximum atomic E-state index is 13.4. The van der Waals surface area contributed by atoms with Crippen molar-refractivity contribution in [2.45, 2.75) is 5.16 Å². The number of aromatic nitrogens is 3. The SMILES string of the molecule is O=C(CSc1nc2ccccc2[nH]1)N=Nc1c(O)[nH]c2ccc(F)cc12. The fourth-order valence-corrected chi connectivity index (χ4v) is 3.16. The van der Waals surface area contributed by atoms with Gasteiger partial charge in [0.05, 0.1) is 22.3 Å². The quantitative estimate of drug-likeness (QED) is 0.368. The van der Waals surface area contributed by atoms with E-state index in [1.54, 1.807) is 0 Å². The molecule has 26 heavy (non-hydrogen) atoms. The van der Waals surface area contributed by atoms with Crippen LogP contribution in [0.1, 0.15) is 0 Å². The molecule has 0 aliphatic rings. The van der Waals surface area contributed by atoms with Crippen LogP contribution in [0.2, 0.25) is 0 Å². The molecule has 4 rings (SSSR count). The number of hydrogen-bond acceptors (Lipinski definition) is 5. The molecule has 0 aliphatic carbocycles. The summed E-state index contributed by atoms with van der Waals surface area (Å²) in [4.78, 5) is 22.1. The van der Waals surface area contributed by atoms with Crippen LogP contribution >= 0.6 is 11.8 Å². The largest absolute Gasteiger partial charge is 0.493 e. The second kappa shape index (κ2) is 6.60. The molecule has 0 atom stereocenters. The summed E-state index contributed by atoms with van der Waals surface area (Å²) < 4.78 is 13.4. The van der Waals surface area contributed by atoms with Crippen LogP contribution in [0.15, 0.2) is 57.8 Å². The first-order chi connectivity index (χ1) is 12.6. The number of halogens is 1. The molecule has 0 saturated heterocycles. The van der Waals surface area contributed by atoms with E-state index >= 15 is 0 Å². The average Bonchev–Trinajstić information content (AvgIpc) is 3.18. The van der Waals surface area contributed by atoms with Gasteiger partial charge in [0.15, 0.2) is 10.8 Å². The Bertz CT molecular complexity index is 1120. The highest BCUT2D eigenvalue weighted by atomic mass is 32.2. The summed E-state index contributed by atoms with van der Waals surface area (Å²) in [6.07, 6.45) is 0. The third-order valence-corrected chi connectivity index (χ3v) is 4.53. The molecule has 2 heterocycles. The Morgan fingerprint density at radius 1 is 1.19 bits per heavy atom. The van der Waals surface area contributed by atoms with Gasteiger partial charge in [0.1, 0.15) is 5.82 Å². The van der Waals surface area contributed by atoms with Crippen molar-refractivity contribution in [1.82, 2.24) is 15.0 Å². The smallest absolute Gasteiger partial charge is 0.275 e. The van der Waals surface area contributed by atoms with Gasteiger partial charge in [-0.15, -0.1) is 10.2 Å². The standard InChI is InChI=1S/C17H12FN5O2S/c18-9-5-6-11-10(7-9)15(16(25)19-11)23-22-14(24)8-26-17-20-12-3-1-2-4-13(12)21-17/h1-7,19,25H,8H2,(H,20,21). The first kappa shape index (κ1) is 16.3. The van der Waals surface area contributed by atoms with Crippen LogP contribution in [0.3, 0.4) is 0 Å².